The molecule has 0 aliphatic rings. The molecule has 6 heteroatoms. The Kier molecular flexibility index (Phi) is 4.40. The number of carbonyl (C=O) groups excluding carboxylic acids is 1. The molecular formula is C16H13F3O3. The van der Waals surface area contributed by atoms with E-state index in [-0.39, 0.29) is 11.3 Å². The van der Waals surface area contributed by atoms with E-state index in [1.807, 2.05) is 0 Å². The summed E-state index contributed by atoms with van der Waals surface area (Å²) in [5.41, 5.74) is 0.497. The summed E-state index contributed by atoms with van der Waals surface area (Å²) in [6.45, 7) is 0. The van der Waals surface area contributed by atoms with Crippen LogP contribution in [0, 0.1) is 0 Å². The number of ether oxygens (including phenoxy) is 2. The second-order valence-corrected chi connectivity index (χ2v) is 4.45. The maximum Gasteiger partial charge on any atom is 0.416 e. The van der Waals surface area contributed by atoms with Crippen molar-refractivity contribution in [3.63, 3.8) is 0 Å². The Morgan fingerprint density at radius 1 is 1.00 bits per heavy atom. The molecule has 0 amide bonds. The van der Waals surface area contributed by atoms with Gasteiger partial charge in [0.1, 0.15) is 11.3 Å². The number of para-hydroxylation sites is 1. The van der Waals surface area contributed by atoms with E-state index in [1.54, 1.807) is 12.1 Å². The van der Waals surface area contributed by atoms with Crippen molar-refractivity contribution in [1.82, 2.24) is 0 Å². The summed E-state index contributed by atoms with van der Waals surface area (Å²) in [5.74, 6) is -0.320. The Hall–Kier alpha value is -2.50. The van der Waals surface area contributed by atoms with Gasteiger partial charge in [-0.15, -0.1) is 0 Å². The molecule has 0 aliphatic heterocycles. The molecule has 0 aliphatic carbocycles. The molecule has 0 atom stereocenters. The smallest absolute Gasteiger partial charge is 0.416 e. The lowest BCUT2D eigenvalue weighted by Gasteiger charge is -2.13. The molecule has 0 N–H and O–H groups in total. The summed E-state index contributed by atoms with van der Waals surface area (Å²) in [6, 6.07) is 9.44. The van der Waals surface area contributed by atoms with Gasteiger partial charge in [-0.2, -0.15) is 13.2 Å². The van der Waals surface area contributed by atoms with Gasteiger partial charge in [0, 0.05) is 5.56 Å². The van der Waals surface area contributed by atoms with Gasteiger partial charge in [-0.25, -0.2) is 4.79 Å². The Labute approximate surface area is 125 Å². The molecule has 2 aromatic carbocycles. The predicted molar refractivity (Wildman–Crippen MR) is 74.8 cm³/mol. The first-order valence-electron chi connectivity index (χ1n) is 6.31. The topological polar surface area (TPSA) is 35.5 Å². The highest BCUT2D eigenvalue weighted by Crippen LogP contribution is 2.35. The fraction of sp³-hybridized carbons (Fsp3) is 0.188. The van der Waals surface area contributed by atoms with E-state index in [4.69, 9.17) is 4.74 Å². The summed E-state index contributed by atoms with van der Waals surface area (Å²) in [6.07, 6.45) is -4.39. The number of rotatable bonds is 3. The third kappa shape index (κ3) is 3.05. The second-order valence-electron chi connectivity index (χ2n) is 4.45. The number of hydrogen-bond donors (Lipinski definition) is 0. The number of methoxy groups -OCH3 is 2. The minimum absolute atomic E-state index is 0.211. The fourth-order valence-corrected chi connectivity index (χ4v) is 2.09. The summed E-state index contributed by atoms with van der Waals surface area (Å²) in [4.78, 5) is 11.7. The van der Waals surface area contributed by atoms with Crippen LogP contribution in [0.2, 0.25) is 0 Å². The van der Waals surface area contributed by atoms with E-state index >= 15 is 0 Å². The fourth-order valence-electron chi connectivity index (χ4n) is 2.09. The van der Waals surface area contributed by atoms with Crippen molar-refractivity contribution in [2.24, 2.45) is 0 Å². The normalized spacial score (nSPS) is 11.1. The third-order valence-electron chi connectivity index (χ3n) is 3.15. The van der Waals surface area contributed by atoms with E-state index in [9.17, 15) is 18.0 Å². The van der Waals surface area contributed by atoms with Gasteiger partial charge in [-0.3, -0.25) is 0 Å². The zero-order valence-electron chi connectivity index (χ0n) is 11.9. The second kappa shape index (κ2) is 6.09. The maximum atomic E-state index is 12.6. The number of halogens is 3. The molecule has 0 unspecified atom stereocenters. The standard InChI is InChI=1S/C16H13F3O3/c1-21-14-12(4-3-5-13(14)15(20)22-2)10-6-8-11(9-7-10)16(17,18)19/h3-9H,1-2H3. The maximum absolute atomic E-state index is 12.6. The van der Waals surface area contributed by atoms with Crippen molar-refractivity contribution < 1.29 is 27.4 Å². The summed E-state index contributed by atoms with van der Waals surface area (Å²) in [5, 5.41) is 0. The van der Waals surface area contributed by atoms with Crippen LogP contribution in [0.4, 0.5) is 13.2 Å². The molecule has 0 heterocycles. The van der Waals surface area contributed by atoms with Crippen molar-refractivity contribution in [3.05, 3.63) is 53.6 Å². The number of hydrogen-bond acceptors (Lipinski definition) is 3. The lowest BCUT2D eigenvalue weighted by Crippen LogP contribution is -2.05. The van der Waals surface area contributed by atoms with E-state index in [1.165, 1.54) is 32.4 Å². The largest absolute Gasteiger partial charge is 0.495 e. The lowest BCUT2D eigenvalue weighted by molar-refractivity contribution is -0.137. The highest BCUT2D eigenvalue weighted by atomic mass is 19.4. The molecule has 3 nitrogen and oxygen atoms in total. The first-order valence-corrected chi connectivity index (χ1v) is 6.31. The average molecular weight is 310 g/mol. The van der Waals surface area contributed by atoms with Crippen LogP contribution in [0.1, 0.15) is 15.9 Å². The number of alkyl halides is 3. The predicted octanol–water partition coefficient (Wildman–Crippen LogP) is 4.17. The summed E-state index contributed by atoms with van der Waals surface area (Å²) in [7, 11) is 2.63. The van der Waals surface area contributed by atoms with Crippen LogP contribution in [0.15, 0.2) is 42.5 Å². The van der Waals surface area contributed by atoms with Crippen LogP contribution in [-0.2, 0) is 10.9 Å². The monoisotopic (exact) mass is 310 g/mol. The zero-order chi connectivity index (χ0) is 16.3. The highest BCUT2D eigenvalue weighted by molar-refractivity contribution is 5.95. The highest BCUT2D eigenvalue weighted by Gasteiger charge is 2.30. The molecule has 0 spiro atoms. The van der Waals surface area contributed by atoms with E-state index in [0.29, 0.717) is 11.1 Å². The van der Waals surface area contributed by atoms with Crippen molar-refractivity contribution in [2.75, 3.05) is 14.2 Å². The van der Waals surface area contributed by atoms with Crippen molar-refractivity contribution in [1.29, 1.82) is 0 Å². The Bertz CT molecular complexity index is 676. The Morgan fingerprint density at radius 2 is 1.64 bits per heavy atom. The minimum Gasteiger partial charge on any atom is -0.495 e. The van der Waals surface area contributed by atoms with Crippen LogP contribution in [0.5, 0.6) is 5.75 Å². The molecule has 0 saturated carbocycles. The Balaban J connectivity index is 2.51. The molecule has 22 heavy (non-hydrogen) atoms. The molecular weight excluding hydrogens is 297 g/mol. The molecule has 2 aromatic rings. The van der Waals surface area contributed by atoms with E-state index in [2.05, 4.69) is 4.74 Å². The van der Waals surface area contributed by atoms with Crippen LogP contribution < -0.4 is 4.74 Å². The average Bonchev–Trinajstić information content (AvgIpc) is 2.52. The van der Waals surface area contributed by atoms with Crippen LogP contribution >= 0.6 is 0 Å². The van der Waals surface area contributed by atoms with E-state index < -0.39 is 17.7 Å². The van der Waals surface area contributed by atoms with Gasteiger partial charge >= 0.3 is 12.1 Å². The summed E-state index contributed by atoms with van der Waals surface area (Å²) >= 11 is 0. The molecule has 0 aromatic heterocycles. The quantitative estimate of drug-likeness (QED) is 0.798. The molecule has 2 rings (SSSR count). The van der Waals surface area contributed by atoms with Gasteiger partial charge in [0.05, 0.1) is 19.8 Å². The van der Waals surface area contributed by atoms with Gasteiger partial charge in [-0.1, -0.05) is 24.3 Å². The lowest BCUT2D eigenvalue weighted by atomic mass is 10.00. The number of carbonyl (C=O) groups is 1. The van der Waals surface area contributed by atoms with Gasteiger partial charge in [0.25, 0.3) is 0 Å². The molecule has 0 saturated heterocycles. The molecule has 0 bridgehead atoms. The molecule has 116 valence electrons. The minimum atomic E-state index is -4.39. The van der Waals surface area contributed by atoms with Crippen LogP contribution in [0.3, 0.4) is 0 Å². The van der Waals surface area contributed by atoms with Crippen molar-refractivity contribution in [3.8, 4) is 16.9 Å². The van der Waals surface area contributed by atoms with Gasteiger partial charge in [0.15, 0.2) is 0 Å². The first kappa shape index (κ1) is 15.9. The van der Waals surface area contributed by atoms with Crippen molar-refractivity contribution in [2.45, 2.75) is 6.18 Å². The summed E-state index contributed by atoms with van der Waals surface area (Å²) < 4.78 is 47.7. The Morgan fingerprint density at radius 3 is 2.14 bits per heavy atom. The SMILES string of the molecule is COC(=O)c1cccc(-c2ccc(C(F)(F)F)cc2)c1OC. The first-order chi connectivity index (χ1) is 10.4. The number of esters is 1. The van der Waals surface area contributed by atoms with E-state index in [0.717, 1.165) is 12.1 Å². The number of benzene rings is 2. The van der Waals surface area contributed by atoms with Crippen LogP contribution in [0.25, 0.3) is 11.1 Å². The molecule has 0 fully saturated rings. The third-order valence-corrected chi connectivity index (χ3v) is 3.15. The van der Waals surface area contributed by atoms with Gasteiger partial charge in [-0.05, 0) is 23.8 Å². The zero-order valence-corrected chi connectivity index (χ0v) is 11.9. The van der Waals surface area contributed by atoms with Gasteiger partial charge < -0.3 is 9.47 Å². The molecule has 0 radical (unpaired) electrons. The van der Waals surface area contributed by atoms with Gasteiger partial charge in [0.2, 0.25) is 0 Å². The van der Waals surface area contributed by atoms with Crippen LogP contribution in [-0.4, -0.2) is 20.2 Å². The van der Waals surface area contributed by atoms with Crippen molar-refractivity contribution >= 4 is 5.97 Å².